The quantitative estimate of drug-likeness (QED) is 0.0358. The summed E-state index contributed by atoms with van der Waals surface area (Å²) in [5.74, 6) is -0.898. The summed E-state index contributed by atoms with van der Waals surface area (Å²) in [5.41, 5.74) is 5.74. The number of unbranched alkanes of at least 4 members (excludes halogenated alkanes) is 15. The minimum Gasteiger partial charge on any atom is -0.387 e. The molecule has 16 heteroatoms. The number of rotatable bonds is 27. The molecule has 1 aromatic carbocycles. The van der Waals surface area contributed by atoms with Gasteiger partial charge in [0.05, 0.1) is 42.7 Å². The fourth-order valence-electron chi connectivity index (χ4n) is 7.75. The van der Waals surface area contributed by atoms with Gasteiger partial charge in [-0.2, -0.15) is 5.10 Å². The molecule has 2 aliphatic heterocycles. The molecule has 5 rings (SSSR count). The molecule has 0 bridgehead atoms. The van der Waals surface area contributed by atoms with Crippen molar-refractivity contribution in [2.45, 2.75) is 147 Å². The number of nitrogen functional groups attached to an aromatic ring is 1. The van der Waals surface area contributed by atoms with Crippen molar-refractivity contribution >= 4 is 31.0 Å². The van der Waals surface area contributed by atoms with E-state index in [4.69, 9.17) is 24.3 Å². The summed E-state index contributed by atoms with van der Waals surface area (Å²) in [5, 5.41) is 26.1. The van der Waals surface area contributed by atoms with Crippen molar-refractivity contribution in [2.75, 3.05) is 32.2 Å². The van der Waals surface area contributed by atoms with Crippen LogP contribution in [0.1, 0.15) is 143 Å². The van der Waals surface area contributed by atoms with Crippen molar-refractivity contribution in [1.82, 2.24) is 19.5 Å². The number of fused-ring (bicyclic) bond motifs is 2. The number of hydrogen-bond donors (Lipinski definition) is 4. The van der Waals surface area contributed by atoms with Gasteiger partial charge in [-0.25, -0.2) is 14.1 Å². The van der Waals surface area contributed by atoms with Crippen LogP contribution in [0.3, 0.4) is 0 Å². The maximum atomic E-state index is 13.3. The Morgan fingerprint density at radius 3 is 1.98 bits per heavy atom. The Bertz CT molecular complexity index is 1760. The van der Waals surface area contributed by atoms with Gasteiger partial charge in [0.15, 0.2) is 5.82 Å². The zero-order valence-electron chi connectivity index (χ0n) is 33.5. The number of amides is 2. The van der Waals surface area contributed by atoms with Gasteiger partial charge in [0, 0.05) is 6.61 Å². The van der Waals surface area contributed by atoms with E-state index in [0.29, 0.717) is 17.8 Å². The minimum atomic E-state index is -4.84. The molecule has 2 amide bonds. The molecule has 1 unspecified atom stereocenters. The van der Waals surface area contributed by atoms with Gasteiger partial charge in [-0.1, -0.05) is 115 Å². The molecule has 1 saturated heterocycles. The summed E-state index contributed by atoms with van der Waals surface area (Å²) in [6.07, 6.45) is 17.0. The highest BCUT2D eigenvalue weighted by Crippen LogP contribution is 2.46. The summed E-state index contributed by atoms with van der Waals surface area (Å²) >= 11 is 0. The van der Waals surface area contributed by atoms with Crippen molar-refractivity contribution in [2.24, 2.45) is 0 Å². The third-order valence-corrected chi connectivity index (χ3v) is 12.1. The van der Waals surface area contributed by atoms with Crippen molar-refractivity contribution in [3.05, 3.63) is 59.5 Å². The topological polar surface area (TPSA) is 208 Å². The number of phosphoric acid groups is 1. The summed E-state index contributed by atoms with van der Waals surface area (Å²) in [6, 6.07) is 8.67. The average Bonchev–Trinajstić information content (AvgIpc) is 3.83. The van der Waals surface area contributed by atoms with Crippen LogP contribution in [-0.2, 0) is 28.7 Å². The number of aliphatic hydroxyl groups excluding tert-OH is 2. The molecule has 0 spiro atoms. The van der Waals surface area contributed by atoms with Crippen molar-refractivity contribution in [3.8, 4) is 0 Å². The number of phosphoric ester groups is 1. The van der Waals surface area contributed by atoms with Crippen molar-refractivity contribution in [1.29, 1.82) is 0 Å². The lowest BCUT2D eigenvalue weighted by molar-refractivity contribution is -0.0890. The van der Waals surface area contributed by atoms with Crippen LogP contribution < -0.4 is 5.73 Å². The van der Waals surface area contributed by atoms with Gasteiger partial charge in [-0.05, 0) is 37.6 Å². The molecule has 4 heterocycles. The molecule has 5 N–H and O–H groups in total. The summed E-state index contributed by atoms with van der Waals surface area (Å²) in [4.78, 5) is 42.3. The Labute approximate surface area is 335 Å². The molecule has 316 valence electrons. The minimum absolute atomic E-state index is 0.113. The van der Waals surface area contributed by atoms with Crippen LogP contribution in [0.5, 0.6) is 0 Å². The zero-order chi connectivity index (χ0) is 40.8. The Morgan fingerprint density at radius 1 is 0.842 bits per heavy atom. The van der Waals surface area contributed by atoms with Gasteiger partial charge < -0.3 is 30.3 Å². The lowest BCUT2D eigenvalue weighted by atomic mass is 9.93. The van der Waals surface area contributed by atoms with Gasteiger partial charge in [-0.15, -0.1) is 0 Å². The molecule has 2 aliphatic rings. The number of nitrogens with zero attached hydrogens (tertiary/aromatic N) is 4. The van der Waals surface area contributed by atoms with Crippen LogP contribution in [0.4, 0.5) is 5.82 Å². The van der Waals surface area contributed by atoms with E-state index in [-0.39, 0.29) is 23.6 Å². The normalized spacial score (nSPS) is 22.4. The Hall–Kier alpha value is -3.27. The fourth-order valence-corrected chi connectivity index (χ4v) is 8.52. The van der Waals surface area contributed by atoms with Gasteiger partial charge in [-0.3, -0.25) is 23.5 Å². The first-order valence-electron chi connectivity index (χ1n) is 20.8. The van der Waals surface area contributed by atoms with E-state index in [9.17, 15) is 29.3 Å². The maximum absolute atomic E-state index is 13.3. The molecule has 0 radical (unpaired) electrons. The van der Waals surface area contributed by atoms with E-state index >= 15 is 0 Å². The average molecular weight is 816 g/mol. The molecule has 1 fully saturated rings. The number of carbonyl (C=O) groups is 2. The Balaban J connectivity index is 1.05. The van der Waals surface area contributed by atoms with E-state index < -0.39 is 62.8 Å². The first-order chi connectivity index (χ1) is 27.5. The van der Waals surface area contributed by atoms with Gasteiger partial charge in [0.2, 0.25) is 0 Å². The molecule has 2 aromatic heterocycles. The highest BCUT2D eigenvalue weighted by Gasteiger charge is 2.54. The predicted octanol–water partition coefficient (Wildman–Crippen LogP) is 6.72. The monoisotopic (exact) mass is 815 g/mol. The lowest BCUT2D eigenvalue weighted by Gasteiger charge is -2.27. The summed E-state index contributed by atoms with van der Waals surface area (Å²) in [7, 11) is -4.84. The van der Waals surface area contributed by atoms with Crippen LogP contribution in [0.15, 0.2) is 42.7 Å². The van der Waals surface area contributed by atoms with Crippen LogP contribution in [0.2, 0.25) is 0 Å². The van der Waals surface area contributed by atoms with Gasteiger partial charge >= 0.3 is 7.82 Å². The number of benzene rings is 1. The number of anilines is 1. The van der Waals surface area contributed by atoms with E-state index in [1.807, 2.05) is 0 Å². The molecule has 6 atom stereocenters. The molecule has 3 aromatic rings. The maximum Gasteiger partial charge on any atom is 0.472 e. The largest absolute Gasteiger partial charge is 0.472 e. The van der Waals surface area contributed by atoms with Crippen LogP contribution in [-0.4, -0.2) is 97.2 Å². The molecule has 0 saturated carbocycles. The van der Waals surface area contributed by atoms with Crippen LogP contribution in [0.25, 0.3) is 5.52 Å². The van der Waals surface area contributed by atoms with Gasteiger partial charge in [0.1, 0.15) is 35.8 Å². The number of carbonyl (C=O) groups excluding carboxylic acids is 2. The number of imide groups is 1. The van der Waals surface area contributed by atoms with E-state index in [0.717, 1.165) is 24.2 Å². The predicted molar refractivity (Wildman–Crippen MR) is 214 cm³/mol. The summed E-state index contributed by atoms with van der Waals surface area (Å²) in [6.45, 7) is 2.89. The highest BCUT2D eigenvalue weighted by atomic mass is 31.2. The highest BCUT2D eigenvalue weighted by molar-refractivity contribution is 7.47. The third-order valence-electron chi connectivity index (χ3n) is 11.1. The molecule has 15 nitrogen and oxygen atoms in total. The Kier molecular flexibility index (Phi) is 17.0. The summed E-state index contributed by atoms with van der Waals surface area (Å²) < 4.78 is 37.1. The fraction of sp³-hybridized carbons (Fsp3) is 0.659. The van der Waals surface area contributed by atoms with E-state index in [1.165, 1.54) is 94.3 Å². The van der Waals surface area contributed by atoms with Gasteiger partial charge in [0.25, 0.3) is 11.8 Å². The standard InChI is InChI=1S/C41H62N5O10P/c1-3-4-5-6-7-8-9-10-11-12-13-14-15-16-17-20-25-53-26-30(45-39(49)31-21-18-19-22-32(31)40(45)50)27-54-57(51,52)55-28-34-36(47)37(48)41(2,56-34)35-24-23-33-38(42)43-29-44-46(33)35/h18-19,21-24,29-30,34,36-37,47-48H,3-17,20,25-28H2,1-2H3,(H,51,52)(H2,42,43,44)/t30-,34-,36-,37-,41+/m1/s1. The second-order valence-corrected chi connectivity index (χ2v) is 16.9. The van der Waals surface area contributed by atoms with Crippen LogP contribution >= 0.6 is 7.82 Å². The second kappa shape index (κ2) is 21.7. The molecule has 57 heavy (non-hydrogen) atoms. The molecular weight excluding hydrogens is 753 g/mol. The number of aliphatic hydroxyl groups is 2. The molecular formula is C41H62N5O10P. The first kappa shape index (κ1) is 44.8. The number of hydrogen-bond acceptors (Lipinski definition) is 12. The smallest absolute Gasteiger partial charge is 0.387 e. The number of nitrogens with two attached hydrogens (primary N) is 1. The Morgan fingerprint density at radius 2 is 1.40 bits per heavy atom. The second-order valence-electron chi connectivity index (χ2n) is 15.5. The first-order valence-corrected chi connectivity index (χ1v) is 22.3. The molecule has 0 aliphatic carbocycles. The van der Waals surface area contributed by atoms with E-state index in [1.54, 1.807) is 43.3 Å². The van der Waals surface area contributed by atoms with Crippen molar-refractivity contribution < 1.29 is 47.8 Å². The van der Waals surface area contributed by atoms with Crippen LogP contribution in [0, 0.1) is 0 Å². The number of aromatic nitrogens is 3. The lowest BCUT2D eigenvalue weighted by Crippen LogP contribution is -2.45. The zero-order valence-corrected chi connectivity index (χ0v) is 34.4. The SMILES string of the molecule is CCCCCCCCCCCCCCCCCCOC[C@H](COP(=O)(O)OC[C@H]1O[C@@](C)(c2ccc3c(N)ncnn23)[C@H](O)[C@@H]1O)N1C(=O)c2ccccc2C1=O. The number of ether oxygens (including phenoxy) is 2. The third kappa shape index (κ3) is 11.7. The van der Waals surface area contributed by atoms with E-state index in [2.05, 4.69) is 17.0 Å². The van der Waals surface area contributed by atoms with Crippen molar-refractivity contribution in [3.63, 3.8) is 0 Å².